The molecule has 1 atom stereocenters. The normalized spacial score (nSPS) is 12.1. The van der Waals surface area contributed by atoms with Gasteiger partial charge in [-0.15, -0.1) is 0 Å². The summed E-state index contributed by atoms with van der Waals surface area (Å²) in [4.78, 5) is 0. The maximum atomic E-state index is 6.16. The van der Waals surface area contributed by atoms with Crippen molar-refractivity contribution in [2.75, 3.05) is 19.8 Å². The van der Waals surface area contributed by atoms with Crippen LogP contribution in [-0.2, 0) is 4.74 Å². The number of aryl methyl sites for hydroxylation is 2. The van der Waals surface area contributed by atoms with Crippen molar-refractivity contribution in [3.63, 3.8) is 0 Å². The standard InChI is InChI=1S/C18H23NO2/c1-14-10-15(2)12-16(11-14)18(19)13-20-8-9-21-17-6-4-3-5-7-17/h3-7,10-12,18H,8-9,13,19H2,1-2H3. The lowest BCUT2D eigenvalue weighted by Gasteiger charge is -2.14. The van der Waals surface area contributed by atoms with Crippen LogP contribution in [0.3, 0.4) is 0 Å². The van der Waals surface area contributed by atoms with Crippen molar-refractivity contribution < 1.29 is 9.47 Å². The molecule has 0 aliphatic rings. The van der Waals surface area contributed by atoms with Gasteiger partial charge in [0, 0.05) is 0 Å². The number of para-hydroxylation sites is 1. The lowest BCUT2D eigenvalue weighted by molar-refractivity contribution is 0.0903. The highest BCUT2D eigenvalue weighted by Gasteiger charge is 2.07. The number of hydrogen-bond acceptors (Lipinski definition) is 3. The highest BCUT2D eigenvalue weighted by molar-refractivity contribution is 5.30. The van der Waals surface area contributed by atoms with Crippen LogP contribution in [0.4, 0.5) is 0 Å². The fraction of sp³-hybridized carbons (Fsp3) is 0.333. The highest BCUT2D eigenvalue weighted by Crippen LogP contribution is 2.15. The minimum absolute atomic E-state index is 0.0969. The molecule has 3 nitrogen and oxygen atoms in total. The van der Waals surface area contributed by atoms with Crippen molar-refractivity contribution in [1.82, 2.24) is 0 Å². The summed E-state index contributed by atoms with van der Waals surface area (Å²) >= 11 is 0. The summed E-state index contributed by atoms with van der Waals surface area (Å²) in [7, 11) is 0. The lowest BCUT2D eigenvalue weighted by Crippen LogP contribution is -2.19. The predicted molar refractivity (Wildman–Crippen MR) is 85.6 cm³/mol. The van der Waals surface area contributed by atoms with E-state index >= 15 is 0 Å². The Bertz CT molecular complexity index is 534. The molecule has 0 saturated carbocycles. The van der Waals surface area contributed by atoms with Crippen LogP contribution in [0.15, 0.2) is 48.5 Å². The Kier molecular flexibility index (Phi) is 5.78. The average Bonchev–Trinajstić information content (AvgIpc) is 2.47. The molecule has 0 spiro atoms. The molecule has 2 rings (SSSR count). The van der Waals surface area contributed by atoms with Gasteiger partial charge in [0.25, 0.3) is 0 Å². The highest BCUT2D eigenvalue weighted by atomic mass is 16.5. The smallest absolute Gasteiger partial charge is 0.119 e. The summed E-state index contributed by atoms with van der Waals surface area (Å²) in [6.07, 6.45) is 0. The molecule has 0 heterocycles. The molecule has 0 amide bonds. The summed E-state index contributed by atoms with van der Waals surface area (Å²) in [6.45, 7) is 5.73. The largest absolute Gasteiger partial charge is 0.491 e. The van der Waals surface area contributed by atoms with Gasteiger partial charge >= 0.3 is 0 Å². The molecule has 3 heteroatoms. The van der Waals surface area contributed by atoms with Crippen molar-refractivity contribution in [3.8, 4) is 5.75 Å². The van der Waals surface area contributed by atoms with E-state index in [4.69, 9.17) is 15.2 Å². The Morgan fingerprint density at radius 2 is 1.62 bits per heavy atom. The molecule has 0 bridgehead atoms. The molecule has 2 aromatic rings. The molecule has 0 aromatic heterocycles. The van der Waals surface area contributed by atoms with Crippen LogP contribution in [0.25, 0.3) is 0 Å². The number of benzene rings is 2. The fourth-order valence-electron chi connectivity index (χ4n) is 2.27. The van der Waals surface area contributed by atoms with E-state index in [0.29, 0.717) is 19.8 Å². The van der Waals surface area contributed by atoms with Gasteiger partial charge in [0.15, 0.2) is 0 Å². The van der Waals surface area contributed by atoms with Crippen molar-refractivity contribution in [3.05, 3.63) is 65.2 Å². The first kappa shape index (κ1) is 15.5. The van der Waals surface area contributed by atoms with Gasteiger partial charge in [-0.2, -0.15) is 0 Å². The molecular formula is C18H23NO2. The predicted octanol–water partition coefficient (Wildman–Crippen LogP) is 3.40. The van der Waals surface area contributed by atoms with E-state index in [9.17, 15) is 0 Å². The Hall–Kier alpha value is -1.84. The van der Waals surface area contributed by atoms with Gasteiger partial charge < -0.3 is 15.2 Å². The average molecular weight is 285 g/mol. The van der Waals surface area contributed by atoms with E-state index in [1.807, 2.05) is 30.3 Å². The first-order valence-corrected chi connectivity index (χ1v) is 7.24. The third-order valence-electron chi connectivity index (χ3n) is 3.21. The summed E-state index contributed by atoms with van der Waals surface area (Å²) in [5, 5.41) is 0. The van der Waals surface area contributed by atoms with Crippen molar-refractivity contribution >= 4 is 0 Å². The van der Waals surface area contributed by atoms with Gasteiger partial charge in [-0.1, -0.05) is 47.5 Å². The summed E-state index contributed by atoms with van der Waals surface area (Å²) < 4.78 is 11.2. The third-order valence-corrected chi connectivity index (χ3v) is 3.21. The lowest BCUT2D eigenvalue weighted by atomic mass is 10.0. The van der Waals surface area contributed by atoms with E-state index in [1.54, 1.807) is 0 Å². The van der Waals surface area contributed by atoms with Crippen LogP contribution in [0, 0.1) is 13.8 Å². The van der Waals surface area contributed by atoms with Crippen LogP contribution in [-0.4, -0.2) is 19.8 Å². The van der Waals surface area contributed by atoms with Gasteiger partial charge in [0.05, 0.1) is 19.3 Å². The Morgan fingerprint density at radius 1 is 0.952 bits per heavy atom. The van der Waals surface area contributed by atoms with Gasteiger partial charge in [-0.3, -0.25) is 0 Å². The molecule has 21 heavy (non-hydrogen) atoms. The van der Waals surface area contributed by atoms with Crippen LogP contribution in [0.5, 0.6) is 5.75 Å². The maximum Gasteiger partial charge on any atom is 0.119 e. The Labute approximate surface area is 126 Å². The van der Waals surface area contributed by atoms with E-state index < -0.39 is 0 Å². The van der Waals surface area contributed by atoms with E-state index in [-0.39, 0.29) is 6.04 Å². The Morgan fingerprint density at radius 3 is 2.29 bits per heavy atom. The zero-order chi connectivity index (χ0) is 15.1. The van der Waals surface area contributed by atoms with Crippen LogP contribution < -0.4 is 10.5 Å². The minimum Gasteiger partial charge on any atom is -0.491 e. The van der Waals surface area contributed by atoms with Crippen molar-refractivity contribution in [2.45, 2.75) is 19.9 Å². The molecule has 0 aliphatic heterocycles. The molecule has 0 radical (unpaired) electrons. The molecule has 0 fully saturated rings. The van der Waals surface area contributed by atoms with Crippen molar-refractivity contribution in [1.29, 1.82) is 0 Å². The second kappa shape index (κ2) is 7.81. The zero-order valence-electron chi connectivity index (χ0n) is 12.7. The molecule has 2 aromatic carbocycles. The summed E-state index contributed by atoms with van der Waals surface area (Å²) in [6, 6.07) is 16.0. The van der Waals surface area contributed by atoms with Gasteiger partial charge in [-0.05, 0) is 31.5 Å². The van der Waals surface area contributed by atoms with Gasteiger partial charge in [0.1, 0.15) is 12.4 Å². The fourth-order valence-corrected chi connectivity index (χ4v) is 2.27. The SMILES string of the molecule is Cc1cc(C)cc(C(N)COCCOc2ccccc2)c1. The monoisotopic (exact) mass is 285 g/mol. The van der Waals surface area contributed by atoms with Crippen LogP contribution in [0.2, 0.25) is 0 Å². The van der Waals surface area contributed by atoms with Crippen LogP contribution >= 0.6 is 0 Å². The molecule has 0 aliphatic carbocycles. The van der Waals surface area contributed by atoms with E-state index in [1.165, 1.54) is 11.1 Å². The number of ether oxygens (including phenoxy) is 2. The van der Waals surface area contributed by atoms with Crippen molar-refractivity contribution in [2.24, 2.45) is 5.73 Å². The van der Waals surface area contributed by atoms with Gasteiger partial charge in [-0.25, -0.2) is 0 Å². The number of rotatable bonds is 7. The first-order chi connectivity index (χ1) is 10.1. The molecule has 0 saturated heterocycles. The first-order valence-electron chi connectivity index (χ1n) is 7.24. The topological polar surface area (TPSA) is 44.5 Å². The van der Waals surface area contributed by atoms with Crippen LogP contribution in [0.1, 0.15) is 22.7 Å². The molecule has 1 unspecified atom stereocenters. The third kappa shape index (κ3) is 5.21. The van der Waals surface area contributed by atoms with E-state index in [2.05, 4.69) is 32.0 Å². The van der Waals surface area contributed by atoms with E-state index in [0.717, 1.165) is 11.3 Å². The molecular weight excluding hydrogens is 262 g/mol. The second-order valence-corrected chi connectivity index (χ2v) is 5.26. The maximum absolute atomic E-state index is 6.16. The minimum atomic E-state index is -0.0969. The summed E-state index contributed by atoms with van der Waals surface area (Å²) in [5.41, 5.74) is 9.74. The summed E-state index contributed by atoms with van der Waals surface area (Å²) in [5.74, 6) is 0.861. The molecule has 2 N–H and O–H groups in total. The van der Waals surface area contributed by atoms with Gasteiger partial charge in [0.2, 0.25) is 0 Å². The quantitative estimate of drug-likeness (QED) is 0.793. The number of hydrogen-bond donors (Lipinski definition) is 1. The second-order valence-electron chi connectivity index (χ2n) is 5.26. The molecule has 112 valence electrons. The number of nitrogens with two attached hydrogens (primary N) is 1. The Balaban J connectivity index is 1.70. The zero-order valence-corrected chi connectivity index (χ0v) is 12.7.